The average molecular weight is 344 g/mol. The van der Waals surface area contributed by atoms with E-state index in [1.807, 2.05) is 20.8 Å². The number of esters is 1. The van der Waals surface area contributed by atoms with Crippen LogP contribution in [-0.4, -0.2) is 35.7 Å². The predicted octanol–water partition coefficient (Wildman–Crippen LogP) is 3.47. The zero-order valence-electron chi connectivity index (χ0n) is 15.3. The van der Waals surface area contributed by atoms with E-state index in [1.54, 1.807) is 38.1 Å². The van der Waals surface area contributed by atoms with Gasteiger partial charge >= 0.3 is 5.97 Å². The Balaban J connectivity index is 2.34. The topological polar surface area (TPSA) is 77.5 Å². The number of nitrogens with zero attached hydrogens (tertiary/aromatic N) is 1. The van der Waals surface area contributed by atoms with Crippen molar-refractivity contribution in [2.45, 2.75) is 46.8 Å². The number of pyridine rings is 1. The van der Waals surface area contributed by atoms with Gasteiger partial charge in [-0.3, -0.25) is 9.78 Å². The number of anilines is 1. The van der Waals surface area contributed by atoms with E-state index >= 15 is 0 Å². The fourth-order valence-electron chi connectivity index (χ4n) is 2.30. The number of carbonyl (C=O) groups is 2. The number of hydrogen-bond acceptors (Lipinski definition) is 5. The van der Waals surface area contributed by atoms with Gasteiger partial charge in [-0.1, -0.05) is 0 Å². The van der Waals surface area contributed by atoms with E-state index in [-0.39, 0.29) is 24.7 Å². The Kier molecular flexibility index (Phi) is 6.09. The number of fused-ring (bicyclic) bond motifs is 1. The summed E-state index contributed by atoms with van der Waals surface area (Å²) in [5.74, 6) is -0.659. The molecule has 25 heavy (non-hydrogen) atoms. The molecule has 0 radical (unpaired) electrons. The van der Waals surface area contributed by atoms with Crippen molar-refractivity contribution < 1.29 is 19.1 Å². The average Bonchev–Trinajstić information content (AvgIpc) is 2.51. The van der Waals surface area contributed by atoms with E-state index in [4.69, 9.17) is 9.47 Å². The summed E-state index contributed by atoms with van der Waals surface area (Å²) < 4.78 is 10.6. The first-order valence-corrected chi connectivity index (χ1v) is 8.30. The Morgan fingerprint density at radius 2 is 1.84 bits per heavy atom. The van der Waals surface area contributed by atoms with Crippen molar-refractivity contribution in [1.29, 1.82) is 0 Å². The largest absolute Gasteiger partial charge is 0.459 e. The minimum absolute atomic E-state index is 0.0286. The maximum absolute atomic E-state index is 12.1. The molecule has 1 heterocycles. The van der Waals surface area contributed by atoms with Gasteiger partial charge in [0.25, 0.3) is 0 Å². The van der Waals surface area contributed by atoms with Crippen molar-refractivity contribution in [2.24, 2.45) is 0 Å². The number of ether oxygens (including phenoxy) is 2. The third-order valence-electron chi connectivity index (χ3n) is 3.34. The molecule has 2 rings (SSSR count). The molecule has 0 saturated heterocycles. The fraction of sp³-hybridized carbons (Fsp3) is 0.421. The van der Waals surface area contributed by atoms with Gasteiger partial charge in [-0.2, -0.15) is 0 Å². The van der Waals surface area contributed by atoms with Crippen LogP contribution in [0.25, 0.3) is 10.9 Å². The number of nitrogens with one attached hydrogen (secondary N) is 1. The predicted molar refractivity (Wildman–Crippen MR) is 96.7 cm³/mol. The molecule has 6 heteroatoms. The molecule has 134 valence electrons. The lowest BCUT2D eigenvalue weighted by Crippen LogP contribution is -2.21. The zero-order chi connectivity index (χ0) is 18.6. The van der Waals surface area contributed by atoms with Crippen LogP contribution in [0.4, 0.5) is 5.69 Å². The number of aromatic nitrogens is 1. The molecule has 1 N–H and O–H groups in total. The van der Waals surface area contributed by atoms with Crippen LogP contribution >= 0.6 is 0 Å². The van der Waals surface area contributed by atoms with Gasteiger partial charge in [-0.15, -0.1) is 0 Å². The Labute approximate surface area is 147 Å². The molecular formula is C19H24N2O4. The van der Waals surface area contributed by atoms with Crippen molar-refractivity contribution in [1.82, 2.24) is 4.98 Å². The number of benzene rings is 1. The monoisotopic (exact) mass is 344 g/mol. The maximum atomic E-state index is 12.1. The van der Waals surface area contributed by atoms with Crippen LogP contribution in [0.2, 0.25) is 0 Å². The SMILES string of the molecule is Cc1cc(NC(=O)COC(C)C)c2cc(C(=O)OC(C)C)ccc2n1. The van der Waals surface area contributed by atoms with Crippen LogP contribution < -0.4 is 5.32 Å². The number of hydrogen-bond donors (Lipinski definition) is 1. The number of rotatable bonds is 6. The molecule has 0 fully saturated rings. The molecular weight excluding hydrogens is 320 g/mol. The van der Waals surface area contributed by atoms with E-state index in [0.717, 1.165) is 5.69 Å². The van der Waals surface area contributed by atoms with Crippen LogP contribution in [-0.2, 0) is 14.3 Å². The Bertz CT molecular complexity index is 784. The van der Waals surface area contributed by atoms with Gasteiger partial charge in [0.1, 0.15) is 6.61 Å². The van der Waals surface area contributed by atoms with Crippen molar-refractivity contribution in [2.75, 3.05) is 11.9 Å². The minimum Gasteiger partial charge on any atom is -0.459 e. The first kappa shape index (κ1) is 18.9. The van der Waals surface area contributed by atoms with Crippen molar-refractivity contribution >= 4 is 28.5 Å². The molecule has 0 atom stereocenters. The molecule has 0 aliphatic heterocycles. The molecule has 0 aliphatic carbocycles. The van der Waals surface area contributed by atoms with Crippen LogP contribution in [0, 0.1) is 6.92 Å². The van der Waals surface area contributed by atoms with Gasteiger partial charge in [0, 0.05) is 11.1 Å². The van der Waals surface area contributed by atoms with Crippen LogP contribution in [0.15, 0.2) is 24.3 Å². The summed E-state index contributed by atoms with van der Waals surface area (Å²) >= 11 is 0. The van der Waals surface area contributed by atoms with Crippen molar-refractivity contribution in [3.63, 3.8) is 0 Å². The molecule has 0 aliphatic rings. The van der Waals surface area contributed by atoms with Crippen molar-refractivity contribution in [3.8, 4) is 0 Å². The van der Waals surface area contributed by atoms with Gasteiger partial charge in [0.15, 0.2) is 0 Å². The number of amides is 1. The summed E-state index contributed by atoms with van der Waals surface area (Å²) in [6.07, 6.45) is -0.231. The van der Waals surface area contributed by atoms with Crippen molar-refractivity contribution in [3.05, 3.63) is 35.5 Å². The van der Waals surface area contributed by atoms with E-state index in [2.05, 4.69) is 10.3 Å². The molecule has 0 saturated carbocycles. The molecule has 0 bridgehead atoms. The maximum Gasteiger partial charge on any atom is 0.338 e. The normalized spacial score (nSPS) is 11.2. The lowest BCUT2D eigenvalue weighted by molar-refractivity contribution is -0.121. The first-order chi connectivity index (χ1) is 11.8. The zero-order valence-corrected chi connectivity index (χ0v) is 15.3. The highest BCUT2D eigenvalue weighted by Crippen LogP contribution is 2.25. The second-order valence-electron chi connectivity index (χ2n) is 6.41. The molecule has 2 aromatic rings. The standard InChI is InChI=1S/C19H24N2O4/c1-11(2)24-10-18(22)21-17-8-13(5)20-16-7-6-14(9-15(16)17)19(23)25-12(3)4/h6-9,11-12H,10H2,1-5H3,(H,20,21,22). The van der Waals surface area contributed by atoms with Gasteiger partial charge in [-0.25, -0.2) is 4.79 Å². The Hall–Kier alpha value is -2.47. The third-order valence-corrected chi connectivity index (χ3v) is 3.34. The van der Waals surface area contributed by atoms with Crippen LogP contribution in [0.1, 0.15) is 43.7 Å². The summed E-state index contributed by atoms with van der Waals surface area (Å²) in [4.78, 5) is 28.7. The van der Waals surface area contributed by atoms with Gasteiger partial charge in [0.2, 0.25) is 5.91 Å². The molecule has 6 nitrogen and oxygen atoms in total. The van der Waals surface area contributed by atoms with Crippen LogP contribution in [0.3, 0.4) is 0 Å². The summed E-state index contributed by atoms with van der Waals surface area (Å²) in [5, 5.41) is 3.51. The fourth-order valence-corrected chi connectivity index (χ4v) is 2.30. The summed E-state index contributed by atoms with van der Waals surface area (Å²) in [5.41, 5.74) is 2.48. The summed E-state index contributed by atoms with van der Waals surface area (Å²) in [6.45, 7) is 9.14. The quantitative estimate of drug-likeness (QED) is 0.812. The van der Waals surface area contributed by atoms with Gasteiger partial charge in [-0.05, 0) is 58.9 Å². The Morgan fingerprint density at radius 1 is 1.12 bits per heavy atom. The molecule has 1 aromatic heterocycles. The number of carbonyl (C=O) groups excluding carboxylic acids is 2. The molecule has 0 unspecified atom stereocenters. The highest BCUT2D eigenvalue weighted by atomic mass is 16.5. The second-order valence-corrected chi connectivity index (χ2v) is 6.41. The van der Waals surface area contributed by atoms with E-state index in [1.165, 1.54) is 0 Å². The molecule has 0 spiro atoms. The highest BCUT2D eigenvalue weighted by Gasteiger charge is 2.14. The lowest BCUT2D eigenvalue weighted by atomic mass is 10.1. The van der Waals surface area contributed by atoms with E-state index in [0.29, 0.717) is 22.2 Å². The first-order valence-electron chi connectivity index (χ1n) is 8.30. The molecule has 1 amide bonds. The summed E-state index contributed by atoms with van der Waals surface area (Å²) in [6, 6.07) is 6.88. The smallest absolute Gasteiger partial charge is 0.338 e. The summed E-state index contributed by atoms with van der Waals surface area (Å²) in [7, 11) is 0. The van der Waals surface area contributed by atoms with E-state index < -0.39 is 5.97 Å². The minimum atomic E-state index is -0.405. The highest BCUT2D eigenvalue weighted by molar-refractivity contribution is 6.04. The van der Waals surface area contributed by atoms with E-state index in [9.17, 15) is 9.59 Å². The Morgan fingerprint density at radius 3 is 2.48 bits per heavy atom. The number of aryl methyl sites for hydroxylation is 1. The molecule has 1 aromatic carbocycles. The third kappa shape index (κ3) is 5.26. The van der Waals surface area contributed by atoms with Crippen LogP contribution in [0.5, 0.6) is 0 Å². The second kappa shape index (κ2) is 8.07. The van der Waals surface area contributed by atoms with Gasteiger partial charge in [0.05, 0.1) is 29.0 Å². The van der Waals surface area contributed by atoms with Gasteiger partial charge < -0.3 is 14.8 Å². The lowest BCUT2D eigenvalue weighted by Gasteiger charge is -2.13.